The van der Waals surface area contributed by atoms with Crippen molar-refractivity contribution in [3.8, 4) is 0 Å². The highest BCUT2D eigenvalue weighted by Gasteiger charge is 2.25. The summed E-state index contributed by atoms with van der Waals surface area (Å²) in [6.45, 7) is 3.69. The fraction of sp³-hybridized carbons (Fsp3) is 0.857. The number of nitrogens with zero attached hydrogens (tertiary/aromatic N) is 1. The molecule has 1 saturated heterocycles. The average Bonchev–Trinajstić information content (AvgIpc) is 2.13. The van der Waals surface area contributed by atoms with Crippen LogP contribution in [0.3, 0.4) is 0 Å². The largest absolute Gasteiger partial charge is 0.341 e. The van der Waals surface area contributed by atoms with Crippen LogP contribution in [0.2, 0.25) is 0 Å². The van der Waals surface area contributed by atoms with E-state index < -0.39 is 0 Å². The molecule has 0 aromatic carbocycles. The number of amides is 1. The molecule has 0 bridgehead atoms. The molecule has 0 aromatic rings. The number of nitrogens with two attached hydrogens (primary N) is 1. The lowest BCUT2D eigenvalue weighted by atomic mass is 10.3. The molecule has 0 aliphatic carbocycles. The molecule has 3 heteroatoms. The van der Waals surface area contributed by atoms with Gasteiger partial charge in [-0.05, 0) is 6.42 Å². The molecule has 1 heterocycles. The van der Waals surface area contributed by atoms with E-state index in [0.717, 1.165) is 19.5 Å². The molecule has 10 heavy (non-hydrogen) atoms. The van der Waals surface area contributed by atoms with Crippen LogP contribution in [0.25, 0.3) is 0 Å². The molecule has 1 atom stereocenters. The molecule has 0 spiro atoms. The summed E-state index contributed by atoms with van der Waals surface area (Å²) in [7, 11) is 0. The van der Waals surface area contributed by atoms with Gasteiger partial charge in [0.25, 0.3) is 0 Å². The number of hydrogen-bond donors (Lipinski definition) is 1. The number of rotatable bonds is 2. The smallest absolute Gasteiger partial charge is 0.224 e. The molecule has 0 unspecified atom stereocenters. The molecular weight excluding hydrogens is 128 g/mol. The van der Waals surface area contributed by atoms with E-state index in [4.69, 9.17) is 5.73 Å². The topological polar surface area (TPSA) is 46.3 Å². The van der Waals surface area contributed by atoms with Crippen molar-refractivity contribution in [1.29, 1.82) is 0 Å². The number of carbonyl (C=O) groups is 1. The van der Waals surface area contributed by atoms with Crippen LogP contribution in [0.4, 0.5) is 0 Å². The van der Waals surface area contributed by atoms with Gasteiger partial charge in [0.15, 0.2) is 0 Å². The Balaban J connectivity index is 2.39. The predicted molar refractivity (Wildman–Crippen MR) is 39.5 cm³/mol. The standard InChI is InChI=1S/C7H14N2O/c1-2-3-9-5-6(8)4-7(9)10/h6H,2-5,8H2,1H3/t6-/m1/s1. The Labute approximate surface area is 61.2 Å². The van der Waals surface area contributed by atoms with Crippen LogP contribution in [0.1, 0.15) is 19.8 Å². The Morgan fingerprint density at radius 1 is 1.80 bits per heavy atom. The highest BCUT2D eigenvalue weighted by atomic mass is 16.2. The van der Waals surface area contributed by atoms with Crippen molar-refractivity contribution < 1.29 is 4.79 Å². The third-order valence-corrected chi connectivity index (χ3v) is 1.74. The summed E-state index contributed by atoms with van der Waals surface area (Å²) in [4.78, 5) is 12.9. The minimum absolute atomic E-state index is 0.0825. The molecular formula is C7H14N2O. The second-order valence-corrected chi connectivity index (χ2v) is 2.80. The molecule has 0 saturated carbocycles. The van der Waals surface area contributed by atoms with Crippen LogP contribution < -0.4 is 5.73 Å². The maximum Gasteiger partial charge on any atom is 0.224 e. The van der Waals surface area contributed by atoms with Crippen molar-refractivity contribution in [3.05, 3.63) is 0 Å². The second kappa shape index (κ2) is 3.01. The molecule has 1 aliphatic rings. The molecule has 58 valence electrons. The summed E-state index contributed by atoms with van der Waals surface area (Å²) >= 11 is 0. The van der Waals surface area contributed by atoms with Crippen molar-refractivity contribution in [2.24, 2.45) is 5.73 Å². The molecule has 2 N–H and O–H groups in total. The first-order chi connectivity index (χ1) is 4.74. The Bertz CT molecular complexity index is 136. The maximum atomic E-state index is 11.0. The summed E-state index contributed by atoms with van der Waals surface area (Å²) in [6.07, 6.45) is 1.57. The lowest BCUT2D eigenvalue weighted by molar-refractivity contribution is -0.127. The average molecular weight is 142 g/mol. The zero-order valence-corrected chi connectivity index (χ0v) is 6.34. The van der Waals surface area contributed by atoms with Crippen LogP contribution >= 0.6 is 0 Å². The van der Waals surface area contributed by atoms with Gasteiger partial charge in [-0.15, -0.1) is 0 Å². The fourth-order valence-electron chi connectivity index (χ4n) is 1.29. The predicted octanol–water partition coefficient (Wildman–Crippen LogP) is -0.0440. The van der Waals surface area contributed by atoms with E-state index >= 15 is 0 Å². The van der Waals surface area contributed by atoms with Crippen molar-refractivity contribution in [2.45, 2.75) is 25.8 Å². The quantitative estimate of drug-likeness (QED) is 0.588. The summed E-state index contributed by atoms with van der Waals surface area (Å²) < 4.78 is 0. The van der Waals surface area contributed by atoms with Gasteiger partial charge in [0.2, 0.25) is 5.91 Å². The van der Waals surface area contributed by atoms with Gasteiger partial charge in [0.05, 0.1) is 0 Å². The van der Waals surface area contributed by atoms with Gasteiger partial charge in [-0.25, -0.2) is 0 Å². The summed E-state index contributed by atoms with van der Waals surface area (Å²) in [5.74, 6) is 0.217. The maximum absolute atomic E-state index is 11.0. The number of hydrogen-bond acceptors (Lipinski definition) is 2. The first-order valence-electron chi connectivity index (χ1n) is 3.77. The van der Waals surface area contributed by atoms with Crippen LogP contribution in [0, 0.1) is 0 Å². The van der Waals surface area contributed by atoms with E-state index in [1.807, 2.05) is 4.90 Å². The molecule has 1 fully saturated rings. The van der Waals surface area contributed by atoms with E-state index in [1.165, 1.54) is 0 Å². The Morgan fingerprint density at radius 3 is 2.90 bits per heavy atom. The second-order valence-electron chi connectivity index (χ2n) is 2.80. The third kappa shape index (κ3) is 1.48. The number of carbonyl (C=O) groups excluding carboxylic acids is 1. The van der Waals surface area contributed by atoms with E-state index in [2.05, 4.69) is 6.92 Å². The van der Waals surface area contributed by atoms with Gasteiger partial charge in [-0.2, -0.15) is 0 Å². The van der Waals surface area contributed by atoms with E-state index in [0.29, 0.717) is 6.42 Å². The minimum atomic E-state index is 0.0825. The molecule has 1 aliphatic heterocycles. The third-order valence-electron chi connectivity index (χ3n) is 1.74. The van der Waals surface area contributed by atoms with Crippen molar-refractivity contribution >= 4 is 5.91 Å². The highest BCUT2D eigenvalue weighted by molar-refractivity contribution is 5.79. The SMILES string of the molecule is CCCN1C[C@H](N)CC1=O. The zero-order chi connectivity index (χ0) is 7.56. The number of likely N-dealkylation sites (tertiary alicyclic amines) is 1. The van der Waals surface area contributed by atoms with Crippen LogP contribution in [0.5, 0.6) is 0 Å². The van der Waals surface area contributed by atoms with Crippen LogP contribution in [-0.2, 0) is 4.79 Å². The van der Waals surface area contributed by atoms with E-state index in [-0.39, 0.29) is 11.9 Å². The van der Waals surface area contributed by atoms with Crippen molar-refractivity contribution in [1.82, 2.24) is 4.90 Å². The van der Waals surface area contributed by atoms with E-state index in [1.54, 1.807) is 0 Å². The van der Waals surface area contributed by atoms with Gasteiger partial charge >= 0.3 is 0 Å². The lowest BCUT2D eigenvalue weighted by Gasteiger charge is -2.13. The van der Waals surface area contributed by atoms with Gasteiger partial charge in [-0.3, -0.25) is 4.79 Å². The van der Waals surface area contributed by atoms with Gasteiger partial charge in [-0.1, -0.05) is 6.92 Å². The van der Waals surface area contributed by atoms with Gasteiger partial charge in [0.1, 0.15) is 0 Å². The Morgan fingerprint density at radius 2 is 2.50 bits per heavy atom. The molecule has 3 nitrogen and oxygen atoms in total. The molecule has 0 radical (unpaired) electrons. The Hall–Kier alpha value is -0.570. The van der Waals surface area contributed by atoms with Crippen molar-refractivity contribution in [2.75, 3.05) is 13.1 Å². The van der Waals surface area contributed by atoms with Gasteiger partial charge < -0.3 is 10.6 Å². The molecule has 1 amide bonds. The van der Waals surface area contributed by atoms with Gasteiger partial charge in [0, 0.05) is 25.6 Å². The monoisotopic (exact) mass is 142 g/mol. The summed E-state index contributed by atoms with van der Waals surface area (Å²) in [6, 6.07) is 0.0825. The lowest BCUT2D eigenvalue weighted by Crippen LogP contribution is -2.28. The zero-order valence-electron chi connectivity index (χ0n) is 6.34. The highest BCUT2D eigenvalue weighted by Crippen LogP contribution is 2.08. The van der Waals surface area contributed by atoms with Crippen LogP contribution in [-0.4, -0.2) is 29.9 Å². The minimum Gasteiger partial charge on any atom is -0.341 e. The summed E-state index contributed by atoms with van der Waals surface area (Å²) in [5, 5.41) is 0. The Kier molecular flexibility index (Phi) is 2.27. The fourth-order valence-corrected chi connectivity index (χ4v) is 1.29. The normalized spacial score (nSPS) is 26.0. The first-order valence-corrected chi connectivity index (χ1v) is 3.77. The first kappa shape index (κ1) is 7.54. The van der Waals surface area contributed by atoms with Crippen molar-refractivity contribution in [3.63, 3.8) is 0 Å². The van der Waals surface area contributed by atoms with E-state index in [9.17, 15) is 4.79 Å². The summed E-state index contributed by atoms with van der Waals surface area (Å²) in [5.41, 5.74) is 5.58. The van der Waals surface area contributed by atoms with Crippen LogP contribution in [0.15, 0.2) is 0 Å². The molecule has 1 rings (SSSR count). The molecule has 0 aromatic heterocycles.